The second kappa shape index (κ2) is 12.0. The fourth-order valence-corrected chi connectivity index (χ4v) is 2.66. The quantitative estimate of drug-likeness (QED) is 0.568. The van der Waals surface area contributed by atoms with Crippen molar-refractivity contribution in [2.45, 2.75) is 33.3 Å². The van der Waals surface area contributed by atoms with Gasteiger partial charge in [-0.25, -0.2) is 4.79 Å². The zero-order chi connectivity index (χ0) is 20.3. The summed E-state index contributed by atoms with van der Waals surface area (Å²) < 4.78 is 10.7. The minimum atomic E-state index is -0.518. The van der Waals surface area contributed by atoms with E-state index in [1.54, 1.807) is 12.1 Å². The van der Waals surface area contributed by atoms with Crippen LogP contribution in [0.5, 0.6) is 5.75 Å². The average Bonchev–Trinajstić information content (AvgIpc) is 2.58. The van der Waals surface area contributed by atoms with E-state index >= 15 is 0 Å². The van der Waals surface area contributed by atoms with E-state index in [1.165, 1.54) is 11.8 Å². The maximum atomic E-state index is 11.8. The van der Waals surface area contributed by atoms with Gasteiger partial charge in [0.25, 0.3) is 0 Å². The van der Waals surface area contributed by atoms with Crippen LogP contribution in [0.15, 0.2) is 24.3 Å². The minimum Gasteiger partial charge on any atom is -0.493 e. The van der Waals surface area contributed by atoms with Crippen LogP contribution >= 0.6 is 23.4 Å². The van der Waals surface area contributed by atoms with Gasteiger partial charge in [0.05, 0.1) is 12.4 Å². The van der Waals surface area contributed by atoms with E-state index in [0.717, 1.165) is 5.75 Å². The van der Waals surface area contributed by atoms with E-state index in [4.69, 9.17) is 21.1 Å². The Morgan fingerprint density at radius 1 is 1.15 bits per heavy atom. The lowest BCUT2D eigenvalue weighted by atomic mass is 10.2. The summed E-state index contributed by atoms with van der Waals surface area (Å²) in [7, 11) is 0. The second-order valence-corrected chi connectivity index (χ2v) is 8.69. The van der Waals surface area contributed by atoms with Crippen molar-refractivity contribution >= 4 is 35.4 Å². The third-order valence-corrected chi connectivity index (χ3v) is 4.36. The van der Waals surface area contributed by atoms with Crippen LogP contribution in [0.4, 0.5) is 4.79 Å². The van der Waals surface area contributed by atoms with E-state index < -0.39 is 11.7 Å². The molecule has 0 aliphatic rings. The lowest BCUT2D eigenvalue weighted by Gasteiger charge is -2.21. The molecule has 27 heavy (non-hydrogen) atoms. The van der Waals surface area contributed by atoms with Gasteiger partial charge in [0, 0.05) is 23.9 Å². The molecule has 0 aliphatic carbocycles. The van der Waals surface area contributed by atoms with Gasteiger partial charge in [-0.2, -0.15) is 0 Å². The largest absolute Gasteiger partial charge is 0.493 e. The number of benzene rings is 1. The van der Waals surface area contributed by atoms with Gasteiger partial charge in [0.1, 0.15) is 11.4 Å². The number of carbonyl (C=O) groups is 2. The van der Waals surface area contributed by atoms with E-state index in [0.29, 0.717) is 36.2 Å². The van der Waals surface area contributed by atoms with Crippen LogP contribution in [-0.2, 0) is 9.53 Å². The van der Waals surface area contributed by atoms with E-state index in [-0.39, 0.29) is 11.8 Å². The van der Waals surface area contributed by atoms with Crippen molar-refractivity contribution in [3.8, 4) is 5.75 Å². The lowest BCUT2D eigenvalue weighted by Crippen LogP contribution is -2.38. The van der Waals surface area contributed by atoms with Crippen LogP contribution in [0.3, 0.4) is 0 Å². The molecule has 1 atom stereocenters. The number of hydrogen-bond acceptors (Lipinski definition) is 5. The van der Waals surface area contributed by atoms with Crippen molar-refractivity contribution in [1.29, 1.82) is 0 Å². The van der Waals surface area contributed by atoms with Crippen molar-refractivity contribution < 1.29 is 19.1 Å². The molecule has 0 radical (unpaired) electrons. The summed E-state index contributed by atoms with van der Waals surface area (Å²) in [6, 6.07) is 7.17. The molecule has 0 aliphatic heterocycles. The summed E-state index contributed by atoms with van der Waals surface area (Å²) in [6.45, 7) is 8.85. The van der Waals surface area contributed by atoms with E-state index in [1.807, 2.05) is 39.8 Å². The number of nitrogens with one attached hydrogen (secondary N) is 2. The Morgan fingerprint density at radius 2 is 1.78 bits per heavy atom. The standard InChI is InChI=1S/C19H29ClN2O4S/c1-14(12-22-18(24)26-19(2,3)4)11-21-17(23)13-27-10-9-25-16-7-5-15(20)6-8-16/h5-8,14H,9-13H2,1-4H3,(H,21,23)(H,22,24)/t14-/m1/s1. The van der Waals surface area contributed by atoms with Gasteiger partial charge in [-0.05, 0) is 51.0 Å². The minimum absolute atomic E-state index is 0.0318. The smallest absolute Gasteiger partial charge is 0.407 e. The van der Waals surface area contributed by atoms with Crippen molar-refractivity contribution in [3.05, 3.63) is 29.3 Å². The van der Waals surface area contributed by atoms with Crippen molar-refractivity contribution in [1.82, 2.24) is 10.6 Å². The van der Waals surface area contributed by atoms with Crippen LogP contribution in [0.2, 0.25) is 5.02 Å². The highest BCUT2D eigenvalue weighted by atomic mass is 35.5. The summed E-state index contributed by atoms with van der Waals surface area (Å²) in [6.07, 6.45) is -0.447. The monoisotopic (exact) mass is 416 g/mol. The molecule has 1 aromatic rings. The van der Waals surface area contributed by atoms with Gasteiger partial charge in [-0.1, -0.05) is 18.5 Å². The Bertz CT molecular complexity index is 590. The third-order valence-electron chi connectivity index (χ3n) is 3.18. The molecular weight excluding hydrogens is 388 g/mol. The van der Waals surface area contributed by atoms with Crippen LogP contribution in [-0.4, -0.2) is 48.8 Å². The molecule has 0 fully saturated rings. The van der Waals surface area contributed by atoms with E-state index in [2.05, 4.69) is 10.6 Å². The molecular formula is C19H29ClN2O4S. The predicted octanol–water partition coefficient (Wildman–Crippen LogP) is 3.73. The number of alkyl carbamates (subject to hydrolysis) is 1. The first-order valence-corrected chi connectivity index (χ1v) is 10.4. The van der Waals surface area contributed by atoms with Gasteiger partial charge in [0.2, 0.25) is 5.91 Å². The maximum absolute atomic E-state index is 11.8. The molecule has 0 bridgehead atoms. The molecule has 1 aromatic carbocycles. The molecule has 0 saturated carbocycles. The highest BCUT2D eigenvalue weighted by molar-refractivity contribution is 7.99. The Kier molecular flexibility index (Phi) is 10.4. The van der Waals surface area contributed by atoms with E-state index in [9.17, 15) is 9.59 Å². The normalized spacial score (nSPS) is 12.2. The molecule has 2 N–H and O–H groups in total. The Morgan fingerprint density at radius 3 is 2.41 bits per heavy atom. The number of hydrogen-bond donors (Lipinski definition) is 2. The summed E-state index contributed by atoms with van der Waals surface area (Å²) in [4.78, 5) is 23.4. The number of ether oxygens (including phenoxy) is 2. The maximum Gasteiger partial charge on any atom is 0.407 e. The van der Waals surface area contributed by atoms with Gasteiger partial charge in [-0.3, -0.25) is 4.79 Å². The van der Waals surface area contributed by atoms with Gasteiger partial charge in [-0.15, -0.1) is 11.8 Å². The highest BCUT2D eigenvalue weighted by Crippen LogP contribution is 2.15. The Hall–Kier alpha value is -1.60. The van der Waals surface area contributed by atoms with Crippen LogP contribution in [0.25, 0.3) is 0 Å². The first kappa shape index (κ1) is 23.4. The van der Waals surface area contributed by atoms with Gasteiger partial charge in [0.15, 0.2) is 0 Å². The fourth-order valence-electron chi connectivity index (χ4n) is 1.90. The van der Waals surface area contributed by atoms with Crippen molar-refractivity contribution in [2.75, 3.05) is 31.2 Å². The molecule has 1 rings (SSSR count). The summed E-state index contributed by atoms with van der Waals surface area (Å²) >= 11 is 7.32. The molecule has 6 nitrogen and oxygen atoms in total. The first-order valence-electron chi connectivity index (χ1n) is 8.85. The Labute approximate surface area is 170 Å². The lowest BCUT2D eigenvalue weighted by molar-refractivity contribution is -0.118. The van der Waals surface area contributed by atoms with Gasteiger partial charge >= 0.3 is 6.09 Å². The number of thioether (sulfide) groups is 1. The summed E-state index contributed by atoms with van der Waals surface area (Å²) in [5.41, 5.74) is -0.518. The zero-order valence-electron chi connectivity index (χ0n) is 16.3. The number of amides is 2. The fraction of sp³-hybridized carbons (Fsp3) is 0.579. The number of rotatable bonds is 10. The molecule has 0 spiro atoms. The molecule has 0 saturated heterocycles. The Balaban J connectivity index is 2.06. The predicted molar refractivity (Wildman–Crippen MR) is 111 cm³/mol. The van der Waals surface area contributed by atoms with Crippen molar-refractivity contribution in [2.24, 2.45) is 5.92 Å². The average molecular weight is 417 g/mol. The zero-order valence-corrected chi connectivity index (χ0v) is 17.9. The van der Waals surface area contributed by atoms with Crippen LogP contribution in [0.1, 0.15) is 27.7 Å². The molecule has 152 valence electrons. The van der Waals surface area contributed by atoms with Crippen LogP contribution in [0, 0.1) is 5.92 Å². The third kappa shape index (κ3) is 12.4. The number of carbonyl (C=O) groups excluding carboxylic acids is 2. The van der Waals surface area contributed by atoms with Crippen LogP contribution < -0.4 is 15.4 Å². The molecule has 2 amide bonds. The first-order chi connectivity index (χ1) is 12.7. The summed E-state index contributed by atoms with van der Waals surface area (Å²) in [5.74, 6) is 1.92. The van der Waals surface area contributed by atoms with Crippen molar-refractivity contribution in [3.63, 3.8) is 0 Å². The SMILES string of the molecule is C[C@H](CNC(=O)CSCCOc1ccc(Cl)cc1)CNC(=O)OC(C)(C)C. The summed E-state index contributed by atoms with van der Waals surface area (Å²) in [5, 5.41) is 6.23. The molecule has 0 aromatic heterocycles. The molecule has 0 heterocycles. The topological polar surface area (TPSA) is 76.7 Å². The molecule has 0 unspecified atom stereocenters. The highest BCUT2D eigenvalue weighted by Gasteiger charge is 2.16. The second-order valence-electron chi connectivity index (χ2n) is 7.15. The molecule has 8 heteroatoms. The number of halogens is 1. The van der Waals surface area contributed by atoms with Gasteiger partial charge < -0.3 is 20.1 Å².